The van der Waals surface area contributed by atoms with Gasteiger partial charge in [0.15, 0.2) is 5.69 Å². The smallest absolute Gasteiger partial charge is 0.354 e. The Labute approximate surface area is 103 Å². The summed E-state index contributed by atoms with van der Waals surface area (Å²) < 4.78 is 0.687. The average Bonchev–Trinajstić information content (AvgIpc) is 2.13. The number of aromatic nitrogens is 1. The van der Waals surface area contributed by atoms with Crippen LogP contribution in [0.1, 0.15) is 21.6 Å². The van der Waals surface area contributed by atoms with E-state index in [-0.39, 0.29) is 10.8 Å². The van der Waals surface area contributed by atoms with Crippen LogP contribution in [0.15, 0.2) is 4.47 Å². The molecule has 1 aromatic heterocycles. The number of carboxylic acids is 1. The first-order valence-electron chi connectivity index (χ1n) is 3.62. The Kier molecular flexibility index (Phi) is 3.92. The number of hydrogen-bond donors (Lipinski definition) is 1. The van der Waals surface area contributed by atoms with Crippen LogP contribution in [0, 0.1) is 6.92 Å². The number of halogens is 3. The molecule has 14 heavy (non-hydrogen) atoms. The highest BCUT2D eigenvalue weighted by atomic mass is 79.9. The van der Waals surface area contributed by atoms with E-state index >= 15 is 0 Å². The van der Waals surface area contributed by atoms with Crippen molar-refractivity contribution in [2.75, 3.05) is 0 Å². The van der Waals surface area contributed by atoms with Crippen molar-refractivity contribution in [3.05, 3.63) is 26.4 Å². The van der Waals surface area contributed by atoms with Gasteiger partial charge in [-0.05, 0) is 6.92 Å². The number of carboxylic acid groups (broad SMARTS) is 1. The molecule has 0 saturated heterocycles. The Morgan fingerprint density at radius 1 is 1.64 bits per heavy atom. The number of carbonyl (C=O) groups is 1. The summed E-state index contributed by atoms with van der Waals surface area (Å²) in [5, 5.41) is 9.50. The molecule has 0 aliphatic heterocycles. The van der Waals surface area contributed by atoms with Gasteiger partial charge >= 0.3 is 5.97 Å². The summed E-state index contributed by atoms with van der Waals surface area (Å²) in [4.78, 5) is 14.6. The predicted octanol–water partition coefficient (Wildman–Crippen LogP) is 3.40. The van der Waals surface area contributed by atoms with Crippen molar-refractivity contribution >= 4 is 49.4 Å². The molecule has 0 bridgehead atoms. The molecular formula is C8H6Br2ClNO2. The molecule has 0 saturated carbocycles. The monoisotopic (exact) mass is 341 g/mol. The van der Waals surface area contributed by atoms with Crippen LogP contribution in [-0.2, 0) is 5.33 Å². The van der Waals surface area contributed by atoms with Gasteiger partial charge in [-0.3, -0.25) is 0 Å². The van der Waals surface area contributed by atoms with Gasteiger partial charge < -0.3 is 5.11 Å². The molecule has 0 atom stereocenters. The van der Waals surface area contributed by atoms with E-state index in [1.807, 2.05) is 0 Å². The summed E-state index contributed by atoms with van der Waals surface area (Å²) in [5.74, 6) is -1.08. The van der Waals surface area contributed by atoms with Gasteiger partial charge in [-0.25, -0.2) is 9.78 Å². The van der Waals surface area contributed by atoms with Crippen molar-refractivity contribution in [2.45, 2.75) is 12.3 Å². The minimum absolute atomic E-state index is 0.0237. The number of nitrogens with zero attached hydrogens (tertiary/aromatic N) is 1. The second-order valence-electron chi connectivity index (χ2n) is 2.61. The molecule has 0 unspecified atom stereocenters. The number of aromatic carboxylic acids is 1. The van der Waals surface area contributed by atoms with Gasteiger partial charge in [-0.1, -0.05) is 43.5 Å². The molecule has 0 amide bonds. The van der Waals surface area contributed by atoms with Crippen LogP contribution >= 0.6 is 43.5 Å². The Bertz CT molecular complexity index is 395. The first kappa shape index (κ1) is 11.9. The lowest BCUT2D eigenvalue weighted by molar-refractivity contribution is 0.0689. The fourth-order valence-electron chi connectivity index (χ4n) is 0.969. The highest BCUT2D eigenvalue weighted by molar-refractivity contribution is 9.10. The molecule has 1 rings (SSSR count). The third kappa shape index (κ3) is 2.10. The van der Waals surface area contributed by atoms with Gasteiger partial charge in [-0.15, -0.1) is 0 Å². The van der Waals surface area contributed by atoms with Crippen LogP contribution in [0.5, 0.6) is 0 Å². The largest absolute Gasteiger partial charge is 0.477 e. The lowest BCUT2D eigenvalue weighted by Crippen LogP contribution is -2.07. The molecule has 0 aromatic carbocycles. The minimum atomic E-state index is -1.08. The van der Waals surface area contributed by atoms with Crippen molar-refractivity contribution in [2.24, 2.45) is 0 Å². The zero-order chi connectivity index (χ0) is 10.9. The van der Waals surface area contributed by atoms with E-state index in [1.165, 1.54) is 0 Å². The summed E-state index contributed by atoms with van der Waals surface area (Å²) in [6, 6.07) is 0. The zero-order valence-corrected chi connectivity index (χ0v) is 11.1. The number of pyridine rings is 1. The summed E-state index contributed by atoms with van der Waals surface area (Å²) >= 11 is 12.3. The summed E-state index contributed by atoms with van der Waals surface area (Å²) in [6.45, 7) is 1.78. The maximum absolute atomic E-state index is 10.8. The Hall–Kier alpha value is -0.130. The normalized spacial score (nSPS) is 10.3. The number of rotatable bonds is 2. The SMILES string of the molecule is Cc1c(Cl)nc(C(=O)O)c(CBr)c1Br. The molecule has 76 valence electrons. The second kappa shape index (κ2) is 4.59. The van der Waals surface area contributed by atoms with Gasteiger partial charge in [0.05, 0.1) is 0 Å². The Morgan fingerprint density at radius 2 is 2.21 bits per heavy atom. The topological polar surface area (TPSA) is 50.2 Å². The van der Waals surface area contributed by atoms with Crippen LogP contribution in [0.4, 0.5) is 0 Å². The molecule has 1 aromatic rings. The van der Waals surface area contributed by atoms with Gasteiger partial charge in [0.25, 0.3) is 0 Å². The van der Waals surface area contributed by atoms with E-state index in [0.29, 0.717) is 15.4 Å². The van der Waals surface area contributed by atoms with Crippen molar-refractivity contribution in [1.82, 2.24) is 4.98 Å². The first-order valence-corrected chi connectivity index (χ1v) is 5.92. The van der Waals surface area contributed by atoms with Crippen LogP contribution in [-0.4, -0.2) is 16.1 Å². The Morgan fingerprint density at radius 3 is 2.64 bits per heavy atom. The summed E-state index contributed by atoms with van der Waals surface area (Å²) in [7, 11) is 0. The van der Waals surface area contributed by atoms with Gasteiger partial charge in [-0.2, -0.15) is 0 Å². The van der Waals surface area contributed by atoms with E-state index < -0.39 is 5.97 Å². The summed E-state index contributed by atoms with van der Waals surface area (Å²) in [5.41, 5.74) is 1.31. The second-order valence-corrected chi connectivity index (χ2v) is 4.32. The zero-order valence-electron chi connectivity index (χ0n) is 7.14. The molecule has 0 spiro atoms. The van der Waals surface area contributed by atoms with E-state index in [9.17, 15) is 4.79 Å². The van der Waals surface area contributed by atoms with E-state index in [0.717, 1.165) is 5.56 Å². The van der Waals surface area contributed by atoms with Crippen LogP contribution in [0.2, 0.25) is 5.15 Å². The lowest BCUT2D eigenvalue weighted by atomic mass is 10.1. The molecule has 0 aliphatic carbocycles. The summed E-state index contributed by atoms with van der Waals surface area (Å²) in [6.07, 6.45) is 0. The quantitative estimate of drug-likeness (QED) is 0.661. The molecule has 0 fully saturated rings. The minimum Gasteiger partial charge on any atom is -0.477 e. The van der Waals surface area contributed by atoms with Crippen LogP contribution < -0.4 is 0 Å². The van der Waals surface area contributed by atoms with Crippen LogP contribution in [0.3, 0.4) is 0 Å². The maximum atomic E-state index is 10.8. The standard InChI is InChI=1S/C8H6Br2ClNO2/c1-3-5(10)4(2-9)6(8(13)14)12-7(3)11/h2H2,1H3,(H,13,14). The maximum Gasteiger partial charge on any atom is 0.354 e. The van der Waals surface area contributed by atoms with Gasteiger partial charge in [0.1, 0.15) is 5.15 Å². The van der Waals surface area contributed by atoms with Crippen molar-refractivity contribution < 1.29 is 9.90 Å². The fraction of sp³-hybridized carbons (Fsp3) is 0.250. The Balaban J connectivity index is 3.51. The van der Waals surface area contributed by atoms with Gasteiger partial charge in [0.2, 0.25) is 0 Å². The van der Waals surface area contributed by atoms with Crippen molar-refractivity contribution in [3.8, 4) is 0 Å². The highest BCUT2D eigenvalue weighted by Gasteiger charge is 2.18. The molecular weight excluding hydrogens is 337 g/mol. The number of alkyl halides is 1. The van der Waals surface area contributed by atoms with Gasteiger partial charge in [0, 0.05) is 20.9 Å². The average molecular weight is 343 g/mol. The molecule has 6 heteroatoms. The highest BCUT2D eigenvalue weighted by Crippen LogP contribution is 2.29. The third-order valence-electron chi connectivity index (χ3n) is 1.74. The number of hydrogen-bond acceptors (Lipinski definition) is 2. The predicted molar refractivity (Wildman–Crippen MR) is 61.3 cm³/mol. The molecule has 1 N–H and O–H groups in total. The fourth-order valence-corrected chi connectivity index (χ4v) is 2.70. The van der Waals surface area contributed by atoms with E-state index in [1.54, 1.807) is 6.92 Å². The molecule has 0 radical (unpaired) electrons. The van der Waals surface area contributed by atoms with Crippen LogP contribution in [0.25, 0.3) is 0 Å². The third-order valence-corrected chi connectivity index (χ3v) is 3.74. The lowest BCUT2D eigenvalue weighted by Gasteiger charge is -2.08. The van der Waals surface area contributed by atoms with Crippen molar-refractivity contribution in [1.29, 1.82) is 0 Å². The van der Waals surface area contributed by atoms with E-state index in [4.69, 9.17) is 16.7 Å². The first-order chi connectivity index (χ1) is 6.49. The molecule has 1 heterocycles. The van der Waals surface area contributed by atoms with Crippen molar-refractivity contribution in [3.63, 3.8) is 0 Å². The molecule has 0 aliphatic rings. The van der Waals surface area contributed by atoms with E-state index in [2.05, 4.69) is 36.8 Å². The molecule has 3 nitrogen and oxygen atoms in total.